The van der Waals surface area contributed by atoms with Crippen LogP contribution in [-0.4, -0.2) is 16.0 Å². The summed E-state index contributed by atoms with van der Waals surface area (Å²) in [5, 5.41) is 6.51. The third kappa shape index (κ3) is 4.42. The van der Waals surface area contributed by atoms with Gasteiger partial charge in [-0.15, -0.1) is 0 Å². The van der Waals surface area contributed by atoms with Crippen molar-refractivity contribution in [3.8, 4) is 0 Å². The molecule has 9 heteroatoms. The molecule has 0 atom stereocenters. The number of urea groups is 1. The van der Waals surface area contributed by atoms with E-state index in [-0.39, 0.29) is 5.69 Å². The van der Waals surface area contributed by atoms with Crippen LogP contribution in [-0.2, 0) is 0 Å². The van der Waals surface area contributed by atoms with Gasteiger partial charge < -0.3 is 5.32 Å². The van der Waals surface area contributed by atoms with E-state index in [4.69, 9.17) is 0 Å². The van der Waals surface area contributed by atoms with Crippen LogP contribution < -0.4 is 10.6 Å². The van der Waals surface area contributed by atoms with Gasteiger partial charge in [0.25, 0.3) is 0 Å². The maximum atomic E-state index is 13.7. The summed E-state index contributed by atoms with van der Waals surface area (Å²) in [4.78, 5) is 21.9. The van der Waals surface area contributed by atoms with Gasteiger partial charge >= 0.3 is 6.03 Å². The van der Waals surface area contributed by atoms with Crippen LogP contribution in [0.2, 0.25) is 0 Å². The van der Waals surface area contributed by atoms with Gasteiger partial charge in [-0.25, -0.2) is 18.6 Å². The molecule has 4 rings (SSSR count). The minimum atomic E-state index is -0.846. The van der Waals surface area contributed by atoms with Gasteiger partial charge in [-0.1, -0.05) is 23.1 Å². The van der Waals surface area contributed by atoms with Gasteiger partial charge in [-0.2, -0.15) is 0 Å². The lowest BCUT2D eigenvalue weighted by Crippen LogP contribution is -2.19. The first-order valence-corrected chi connectivity index (χ1v) is 10.5. The zero-order chi connectivity index (χ0) is 21.3. The van der Waals surface area contributed by atoms with Crippen LogP contribution in [0.3, 0.4) is 0 Å². The Balaban J connectivity index is 1.47. The Morgan fingerprint density at radius 1 is 1.03 bits per heavy atom. The number of nitrogens with one attached hydrogen (secondary N) is 2. The third-order valence-electron chi connectivity index (χ3n) is 4.41. The number of benzene rings is 2. The van der Waals surface area contributed by atoms with Crippen molar-refractivity contribution >= 4 is 50.7 Å². The Bertz CT molecular complexity index is 1260. The highest BCUT2D eigenvalue weighted by atomic mass is 32.2. The number of hydrogen-bond acceptors (Lipinski definition) is 5. The Morgan fingerprint density at radius 3 is 2.63 bits per heavy atom. The number of halogens is 2. The first-order valence-electron chi connectivity index (χ1n) is 8.92. The third-order valence-corrected chi connectivity index (χ3v) is 6.48. The molecule has 0 unspecified atom stereocenters. The molecule has 0 bridgehead atoms. The Hall–Kier alpha value is -3.04. The quantitative estimate of drug-likeness (QED) is 0.385. The summed E-state index contributed by atoms with van der Waals surface area (Å²) in [7, 11) is 0. The molecule has 4 aromatic rings. The summed E-state index contributed by atoms with van der Waals surface area (Å²) in [6.45, 7) is 4.11. The van der Waals surface area contributed by atoms with E-state index >= 15 is 0 Å². The lowest BCUT2D eigenvalue weighted by Gasteiger charge is -2.07. The van der Waals surface area contributed by atoms with Crippen LogP contribution in [0.25, 0.3) is 10.9 Å². The summed E-state index contributed by atoms with van der Waals surface area (Å²) in [5.74, 6) is -1.56. The molecule has 2 amide bonds. The Morgan fingerprint density at radius 2 is 1.83 bits per heavy atom. The minimum Gasteiger partial charge on any atom is -0.305 e. The molecule has 152 valence electrons. The fourth-order valence-electron chi connectivity index (χ4n) is 2.78. The van der Waals surface area contributed by atoms with Crippen molar-refractivity contribution in [1.82, 2.24) is 9.97 Å². The normalized spacial score (nSPS) is 10.9. The van der Waals surface area contributed by atoms with E-state index in [0.29, 0.717) is 11.1 Å². The number of thiazole rings is 1. The van der Waals surface area contributed by atoms with Crippen molar-refractivity contribution in [2.75, 3.05) is 10.6 Å². The Kier molecular flexibility index (Phi) is 5.65. The number of aromatic nitrogens is 2. The van der Waals surface area contributed by atoms with Gasteiger partial charge in [0.05, 0.1) is 17.4 Å². The lowest BCUT2D eigenvalue weighted by atomic mass is 10.1. The molecule has 0 aliphatic heterocycles. The van der Waals surface area contributed by atoms with Gasteiger partial charge in [0, 0.05) is 22.5 Å². The van der Waals surface area contributed by atoms with E-state index in [1.165, 1.54) is 40.4 Å². The van der Waals surface area contributed by atoms with E-state index in [1.54, 1.807) is 6.20 Å². The van der Waals surface area contributed by atoms with Gasteiger partial charge in [0.15, 0.2) is 4.34 Å². The smallest absolute Gasteiger partial charge is 0.305 e. The first-order chi connectivity index (χ1) is 14.4. The standard InChI is InChI=1S/C21H16F2N4OS2/c1-11-7-14-17(8-12(11)2)24-6-5-18(14)29-21-25-10-19(30-21)27-20(28)26-16-4-3-13(22)9-15(16)23/h3-10H,1-2H3,(H2,26,27,28). The first kappa shape index (κ1) is 20.2. The van der Waals surface area contributed by atoms with Crippen LogP contribution in [0.4, 0.5) is 24.3 Å². The van der Waals surface area contributed by atoms with Gasteiger partial charge in [0.2, 0.25) is 0 Å². The molecule has 2 N–H and O–H groups in total. The summed E-state index contributed by atoms with van der Waals surface area (Å²) in [6, 6.07) is 8.40. The molecule has 0 aliphatic rings. The molecule has 2 aromatic carbocycles. The fourth-order valence-corrected chi connectivity index (χ4v) is 4.73. The van der Waals surface area contributed by atoms with Crippen molar-refractivity contribution in [2.24, 2.45) is 0 Å². The number of pyridine rings is 1. The molecule has 0 radical (unpaired) electrons. The molecule has 0 fully saturated rings. The van der Waals surface area contributed by atoms with Crippen molar-refractivity contribution in [2.45, 2.75) is 23.1 Å². The fraction of sp³-hybridized carbons (Fsp3) is 0.0952. The zero-order valence-electron chi connectivity index (χ0n) is 16.0. The number of nitrogens with zero attached hydrogens (tertiary/aromatic N) is 2. The summed E-state index contributed by atoms with van der Waals surface area (Å²) in [5.41, 5.74) is 3.17. The van der Waals surface area contributed by atoms with E-state index in [2.05, 4.69) is 46.6 Å². The summed E-state index contributed by atoms with van der Waals surface area (Å²) in [6.07, 6.45) is 3.29. The molecule has 0 aliphatic carbocycles. The molecule has 2 aromatic heterocycles. The van der Waals surface area contributed by atoms with Crippen LogP contribution >= 0.6 is 23.1 Å². The van der Waals surface area contributed by atoms with Crippen LogP contribution in [0, 0.1) is 25.5 Å². The molecule has 5 nitrogen and oxygen atoms in total. The van der Waals surface area contributed by atoms with Crippen molar-refractivity contribution in [3.63, 3.8) is 0 Å². The van der Waals surface area contributed by atoms with Crippen LogP contribution in [0.1, 0.15) is 11.1 Å². The molecule has 0 saturated carbocycles. The van der Waals surface area contributed by atoms with Gasteiger partial charge in [-0.3, -0.25) is 10.3 Å². The number of rotatable bonds is 4. The topological polar surface area (TPSA) is 66.9 Å². The van der Waals surface area contributed by atoms with Crippen LogP contribution in [0.5, 0.6) is 0 Å². The minimum absolute atomic E-state index is 0.109. The molecule has 30 heavy (non-hydrogen) atoms. The van der Waals surface area contributed by atoms with E-state index in [0.717, 1.165) is 32.3 Å². The summed E-state index contributed by atoms with van der Waals surface area (Å²) < 4.78 is 27.4. The highest BCUT2D eigenvalue weighted by Gasteiger charge is 2.12. The maximum Gasteiger partial charge on any atom is 0.324 e. The highest BCUT2D eigenvalue weighted by molar-refractivity contribution is 8.01. The predicted octanol–water partition coefficient (Wildman–Crippen LogP) is 6.38. The SMILES string of the molecule is Cc1cc2nccc(Sc3ncc(NC(=O)Nc4ccc(F)cc4F)s3)c2cc1C. The predicted molar refractivity (Wildman–Crippen MR) is 116 cm³/mol. The van der Waals surface area contributed by atoms with Crippen molar-refractivity contribution < 1.29 is 13.6 Å². The second kappa shape index (κ2) is 8.37. The molecule has 0 saturated heterocycles. The average Bonchev–Trinajstić information content (AvgIpc) is 3.12. The number of amides is 2. The molecular formula is C21H16F2N4OS2. The lowest BCUT2D eigenvalue weighted by molar-refractivity contribution is 0.262. The second-order valence-electron chi connectivity index (χ2n) is 6.56. The van der Waals surface area contributed by atoms with E-state index in [1.807, 2.05) is 6.07 Å². The van der Waals surface area contributed by atoms with Crippen LogP contribution in [0.15, 0.2) is 58.0 Å². The van der Waals surface area contributed by atoms with Gasteiger partial charge in [0.1, 0.15) is 16.6 Å². The molecule has 0 spiro atoms. The number of hydrogen-bond donors (Lipinski definition) is 2. The number of fused-ring (bicyclic) bond motifs is 1. The monoisotopic (exact) mass is 442 g/mol. The van der Waals surface area contributed by atoms with Gasteiger partial charge in [-0.05, 0) is 55.3 Å². The highest BCUT2D eigenvalue weighted by Crippen LogP contribution is 2.37. The Labute approximate surface area is 179 Å². The average molecular weight is 443 g/mol. The molecule has 2 heterocycles. The molecular weight excluding hydrogens is 426 g/mol. The van der Waals surface area contributed by atoms with E-state index < -0.39 is 17.7 Å². The van der Waals surface area contributed by atoms with Crippen molar-refractivity contribution in [3.05, 3.63) is 71.6 Å². The largest absolute Gasteiger partial charge is 0.324 e. The van der Waals surface area contributed by atoms with Crippen molar-refractivity contribution in [1.29, 1.82) is 0 Å². The number of anilines is 2. The van der Waals surface area contributed by atoms with E-state index in [9.17, 15) is 13.6 Å². The number of carbonyl (C=O) groups excluding carboxylic acids is 1. The maximum absolute atomic E-state index is 13.7. The zero-order valence-corrected chi connectivity index (χ0v) is 17.6. The number of carbonyl (C=O) groups is 1. The summed E-state index contributed by atoms with van der Waals surface area (Å²) >= 11 is 2.78. The number of aryl methyl sites for hydroxylation is 2. The second-order valence-corrected chi connectivity index (χ2v) is 8.88.